The first kappa shape index (κ1) is 17.1. The minimum absolute atomic E-state index is 0.102. The van der Waals surface area contributed by atoms with Crippen LogP contribution >= 0.6 is 27.5 Å². The summed E-state index contributed by atoms with van der Waals surface area (Å²) in [7, 11) is 1.67. The Hall–Kier alpha value is -1.30. The molecule has 2 heterocycles. The molecule has 0 saturated heterocycles. The Balaban J connectivity index is 1.70. The molecule has 0 radical (unpaired) electrons. The lowest BCUT2D eigenvalue weighted by atomic mass is 9.81. The number of aromatic nitrogens is 1. The fraction of sp³-hybridized carbons (Fsp3) is 0.421. The van der Waals surface area contributed by atoms with Crippen molar-refractivity contribution in [2.75, 3.05) is 18.6 Å². The summed E-state index contributed by atoms with van der Waals surface area (Å²) in [6, 6.07) is 8.10. The van der Waals surface area contributed by atoms with E-state index < -0.39 is 0 Å². The molecule has 6 heteroatoms. The van der Waals surface area contributed by atoms with Crippen LogP contribution in [0, 0.1) is 0 Å². The van der Waals surface area contributed by atoms with Crippen LogP contribution in [0.2, 0.25) is 5.02 Å². The zero-order valence-corrected chi connectivity index (χ0v) is 16.3. The van der Waals surface area contributed by atoms with Gasteiger partial charge in [0.2, 0.25) is 0 Å². The molecule has 1 aromatic carbocycles. The molecule has 0 amide bonds. The maximum atomic E-state index is 10.2. The van der Waals surface area contributed by atoms with Gasteiger partial charge in [0, 0.05) is 30.3 Å². The van der Waals surface area contributed by atoms with Crippen LogP contribution in [0.3, 0.4) is 0 Å². The van der Waals surface area contributed by atoms with Crippen LogP contribution in [0.25, 0.3) is 0 Å². The van der Waals surface area contributed by atoms with E-state index in [-0.39, 0.29) is 11.5 Å². The number of fused-ring (bicyclic) bond motifs is 2. The zero-order valence-electron chi connectivity index (χ0n) is 14.0. The Labute approximate surface area is 160 Å². The lowest BCUT2D eigenvalue weighted by Gasteiger charge is -2.26. The van der Waals surface area contributed by atoms with Crippen molar-refractivity contribution in [3.8, 4) is 5.75 Å². The highest BCUT2D eigenvalue weighted by atomic mass is 79.9. The van der Waals surface area contributed by atoms with E-state index in [4.69, 9.17) is 16.3 Å². The molecule has 4 nitrogen and oxygen atoms in total. The molecule has 1 saturated carbocycles. The number of aliphatic hydroxyl groups excluding tert-OH is 1. The number of methoxy groups -OCH3 is 1. The molecule has 25 heavy (non-hydrogen) atoms. The summed E-state index contributed by atoms with van der Waals surface area (Å²) < 4.78 is 6.06. The van der Waals surface area contributed by atoms with Gasteiger partial charge in [0.1, 0.15) is 11.6 Å². The third-order valence-corrected chi connectivity index (χ3v) is 6.61. The van der Waals surface area contributed by atoms with Gasteiger partial charge in [-0.15, -0.1) is 0 Å². The second-order valence-electron chi connectivity index (χ2n) is 7.00. The van der Waals surface area contributed by atoms with Crippen LogP contribution in [-0.2, 0) is 12.0 Å². The molecule has 1 aliphatic carbocycles. The number of hydrogen-bond acceptors (Lipinski definition) is 4. The molecule has 132 valence electrons. The molecule has 1 aromatic heterocycles. The largest absolute Gasteiger partial charge is 0.497 e. The van der Waals surface area contributed by atoms with E-state index >= 15 is 0 Å². The van der Waals surface area contributed by atoms with E-state index in [1.54, 1.807) is 13.3 Å². The third-order valence-electron chi connectivity index (χ3n) is 5.39. The lowest BCUT2D eigenvalue weighted by molar-refractivity contribution is 0.175. The Kier molecular flexibility index (Phi) is 4.42. The standard InChI is InChI=1S/C19H20BrClN2O2/c1-25-14-4-2-12(3-5-14)10-23-11-19(7-6-13(24)8-19)16-17(21)15(20)9-22-18(16)23/h2-5,9,13,24H,6-8,10-11H2,1H3/t13-,19+/m1/s1. The summed E-state index contributed by atoms with van der Waals surface area (Å²) in [5, 5.41) is 10.9. The van der Waals surface area contributed by atoms with Gasteiger partial charge in [0.05, 0.1) is 22.7 Å². The van der Waals surface area contributed by atoms with Gasteiger partial charge in [0.25, 0.3) is 0 Å². The van der Waals surface area contributed by atoms with E-state index in [0.717, 1.165) is 59.0 Å². The Morgan fingerprint density at radius 3 is 2.80 bits per heavy atom. The third kappa shape index (κ3) is 2.92. The Morgan fingerprint density at radius 1 is 1.40 bits per heavy atom. The summed E-state index contributed by atoms with van der Waals surface area (Å²) >= 11 is 10.2. The minimum Gasteiger partial charge on any atom is -0.497 e. The number of pyridine rings is 1. The first-order chi connectivity index (χ1) is 12.0. The number of nitrogens with zero attached hydrogens (tertiary/aromatic N) is 2. The van der Waals surface area contributed by atoms with Crippen LogP contribution in [-0.4, -0.2) is 29.8 Å². The average Bonchev–Trinajstić information content (AvgIpc) is 3.12. The fourth-order valence-corrected chi connectivity index (χ4v) is 4.87. The average molecular weight is 424 g/mol. The van der Waals surface area contributed by atoms with E-state index in [0.29, 0.717) is 0 Å². The maximum Gasteiger partial charge on any atom is 0.134 e. The van der Waals surface area contributed by atoms with Gasteiger partial charge in [-0.25, -0.2) is 4.98 Å². The van der Waals surface area contributed by atoms with Gasteiger partial charge in [-0.3, -0.25) is 0 Å². The quantitative estimate of drug-likeness (QED) is 0.799. The monoisotopic (exact) mass is 422 g/mol. The predicted octanol–water partition coefficient (Wildman–Crippen LogP) is 4.31. The van der Waals surface area contributed by atoms with Crippen molar-refractivity contribution in [1.29, 1.82) is 0 Å². The number of rotatable bonds is 3. The highest BCUT2D eigenvalue weighted by molar-refractivity contribution is 9.10. The number of ether oxygens (including phenoxy) is 1. The van der Waals surface area contributed by atoms with Crippen LogP contribution in [0.5, 0.6) is 5.75 Å². The van der Waals surface area contributed by atoms with E-state index in [1.165, 1.54) is 5.56 Å². The van der Waals surface area contributed by atoms with Crippen molar-refractivity contribution in [2.45, 2.75) is 37.3 Å². The summed E-state index contributed by atoms with van der Waals surface area (Å²) in [5.74, 6) is 1.80. The van der Waals surface area contributed by atoms with Gasteiger partial charge in [-0.05, 0) is 52.9 Å². The normalized spacial score (nSPS) is 24.8. The van der Waals surface area contributed by atoms with Crippen molar-refractivity contribution < 1.29 is 9.84 Å². The molecule has 2 aliphatic rings. The number of halogens is 2. The van der Waals surface area contributed by atoms with Gasteiger partial charge in [0.15, 0.2) is 0 Å². The molecule has 1 N–H and O–H groups in total. The van der Waals surface area contributed by atoms with Gasteiger partial charge in [-0.1, -0.05) is 23.7 Å². The predicted molar refractivity (Wildman–Crippen MR) is 103 cm³/mol. The second kappa shape index (κ2) is 6.45. The van der Waals surface area contributed by atoms with Crippen molar-refractivity contribution in [3.63, 3.8) is 0 Å². The second-order valence-corrected chi connectivity index (χ2v) is 8.23. The fourth-order valence-electron chi connectivity index (χ4n) is 4.24. The Morgan fingerprint density at radius 2 is 2.16 bits per heavy atom. The zero-order chi connectivity index (χ0) is 17.6. The maximum absolute atomic E-state index is 10.2. The highest BCUT2D eigenvalue weighted by Gasteiger charge is 2.49. The lowest BCUT2D eigenvalue weighted by Crippen LogP contribution is -2.31. The van der Waals surface area contributed by atoms with Crippen LogP contribution < -0.4 is 9.64 Å². The van der Waals surface area contributed by atoms with E-state index in [9.17, 15) is 5.11 Å². The summed E-state index contributed by atoms with van der Waals surface area (Å²) in [4.78, 5) is 6.95. The molecule has 2 atom stereocenters. The van der Waals surface area contributed by atoms with Crippen LogP contribution in [0.4, 0.5) is 5.82 Å². The molecular formula is C19H20BrClN2O2. The van der Waals surface area contributed by atoms with Crippen molar-refractivity contribution >= 4 is 33.3 Å². The SMILES string of the molecule is COc1ccc(CN2C[C@@]3(CC[C@@H](O)C3)c3c2ncc(Br)c3Cl)cc1. The number of hydrogen-bond donors (Lipinski definition) is 1. The van der Waals surface area contributed by atoms with Gasteiger partial charge < -0.3 is 14.7 Å². The van der Waals surface area contributed by atoms with E-state index in [1.807, 2.05) is 12.1 Å². The minimum atomic E-state index is -0.260. The summed E-state index contributed by atoms with van der Waals surface area (Å²) in [5.41, 5.74) is 2.19. The smallest absolute Gasteiger partial charge is 0.134 e. The molecule has 4 rings (SSSR count). The number of benzene rings is 1. The molecule has 1 fully saturated rings. The Bertz CT molecular complexity index is 799. The molecule has 1 spiro atoms. The van der Waals surface area contributed by atoms with Gasteiger partial charge >= 0.3 is 0 Å². The van der Waals surface area contributed by atoms with Crippen LogP contribution in [0.1, 0.15) is 30.4 Å². The number of aliphatic hydroxyl groups is 1. The first-order valence-electron chi connectivity index (χ1n) is 8.43. The molecule has 0 unspecified atom stereocenters. The van der Waals surface area contributed by atoms with Crippen molar-refractivity contribution in [3.05, 3.63) is 51.1 Å². The molecule has 0 bridgehead atoms. The topological polar surface area (TPSA) is 45.6 Å². The van der Waals surface area contributed by atoms with Crippen molar-refractivity contribution in [1.82, 2.24) is 4.98 Å². The molecular weight excluding hydrogens is 404 g/mol. The highest BCUT2D eigenvalue weighted by Crippen LogP contribution is 2.53. The first-order valence-corrected chi connectivity index (χ1v) is 9.60. The van der Waals surface area contributed by atoms with Crippen molar-refractivity contribution in [2.24, 2.45) is 0 Å². The molecule has 1 aliphatic heterocycles. The van der Waals surface area contributed by atoms with E-state index in [2.05, 4.69) is 37.9 Å². The summed E-state index contributed by atoms with van der Waals surface area (Å²) in [6.07, 6.45) is 4.02. The van der Waals surface area contributed by atoms with Gasteiger partial charge in [-0.2, -0.15) is 0 Å². The summed E-state index contributed by atoms with van der Waals surface area (Å²) in [6.45, 7) is 1.61. The number of anilines is 1. The molecule has 2 aromatic rings. The van der Waals surface area contributed by atoms with Crippen LogP contribution in [0.15, 0.2) is 34.9 Å².